The Bertz CT molecular complexity index is 375. The van der Waals surface area contributed by atoms with Crippen molar-refractivity contribution in [3.63, 3.8) is 0 Å². The molecule has 1 aliphatic rings. The Balaban J connectivity index is 2.25. The maximum atomic E-state index is 11.6. The molecule has 1 heterocycles. The molecule has 2 nitrogen and oxygen atoms in total. The van der Waals surface area contributed by atoms with Gasteiger partial charge in [-0.25, -0.2) is 0 Å². The average Bonchev–Trinajstić information content (AvgIpc) is 2.51. The predicted molar refractivity (Wildman–Crippen MR) is 60.3 cm³/mol. The lowest BCUT2D eigenvalue weighted by atomic mass is 10.2. The quantitative estimate of drug-likeness (QED) is 0.558. The Morgan fingerprint density at radius 2 is 2.29 bits per heavy atom. The number of rotatable bonds is 3. The van der Waals surface area contributed by atoms with Gasteiger partial charge in [-0.1, -0.05) is 24.3 Å². The van der Waals surface area contributed by atoms with E-state index in [4.69, 9.17) is 0 Å². The van der Waals surface area contributed by atoms with Gasteiger partial charge in [0.25, 0.3) is 0 Å². The molecule has 14 heavy (non-hydrogen) atoms. The topological polar surface area (TPSA) is 20.3 Å². The van der Waals surface area contributed by atoms with Crippen molar-refractivity contribution in [1.29, 1.82) is 0 Å². The van der Waals surface area contributed by atoms with E-state index in [1.54, 1.807) is 10.4 Å². The monoisotopic (exact) mass is 205 g/mol. The van der Waals surface area contributed by atoms with E-state index in [0.717, 1.165) is 17.0 Å². The van der Waals surface area contributed by atoms with Gasteiger partial charge < -0.3 is 0 Å². The molecular weight excluding hydrogens is 194 g/mol. The summed E-state index contributed by atoms with van der Waals surface area (Å²) >= 11 is 1.50. The molecule has 0 fully saturated rings. The first-order valence-electron chi connectivity index (χ1n) is 4.47. The zero-order valence-corrected chi connectivity index (χ0v) is 8.59. The molecule has 0 spiro atoms. The van der Waals surface area contributed by atoms with Crippen LogP contribution in [0.3, 0.4) is 0 Å². The lowest BCUT2D eigenvalue weighted by molar-refractivity contribution is -0.116. The Morgan fingerprint density at radius 3 is 3.07 bits per heavy atom. The van der Waals surface area contributed by atoms with Gasteiger partial charge in [0.1, 0.15) is 0 Å². The van der Waals surface area contributed by atoms with Crippen LogP contribution in [0.1, 0.15) is 5.56 Å². The van der Waals surface area contributed by atoms with Crippen LogP contribution in [0.4, 0.5) is 5.69 Å². The van der Waals surface area contributed by atoms with Crippen molar-refractivity contribution >= 4 is 23.5 Å². The molecule has 0 saturated heterocycles. The van der Waals surface area contributed by atoms with Crippen molar-refractivity contribution in [3.8, 4) is 0 Å². The van der Waals surface area contributed by atoms with E-state index < -0.39 is 0 Å². The number of benzene rings is 1. The number of fused-ring (bicyclic) bond motifs is 1. The first-order chi connectivity index (χ1) is 6.83. The van der Waals surface area contributed by atoms with Crippen LogP contribution >= 0.6 is 11.9 Å². The number of hydrogen-bond donors (Lipinski definition) is 0. The van der Waals surface area contributed by atoms with E-state index in [1.165, 1.54) is 11.9 Å². The molecule has 1 aromatic carbocycles. The van der Waals surface area contributed by atoms with Crippen LogP contribution in [0, 0.1) is 0 Å². The molecule has 0 aliphatic carbocycles. The molecule has 0 atom stereocenters. The third-order valence-electron chi connectivity index (χ3n) is 2.10. The van der Waals surface area contributed by atoms with Crippen LogP contribution in [-0.4, -0.2) is 11.7 Å². The standard InChI is InChI=1S/C11H11NOS/c1-2-7-14-12-10-6-4-3-5-9(10)8-11(12)13/h2-6H,1,7-8H2. The van der Waals surface area contributed by atoms with Gasteiger partial charge in [-0.3, -0.25) is 9.10 Å². The van der Waals surface area contributed by atoms with Gasteiger partial charge in [-0.15, -0.1) is 6.58 Å². The minimum absolute atomic E-state index is 0.165. The van der Waals surface area contributed by atoms with Gasteiger partial charge >= 0.3 is 0 Å². The van der Waals surface area contributed by atoms with Crippen LogP contribution in [-0.2, 0) is 11.2 Å². The van der Waals surface area contributed by atoms with E-state index in [2.05, 4.69) is 6.58 Å². The minimum Gasteiger partial charge on any atom is -0.273 e. The molecule has 2 rings (SSSR count). The van der Waals surface area contributed by atoms with Gasteiger partial charge in [-0.05, 0) is 23.6 Å². The fourth-order valence-corrected chi connectivity index (χ4v) is 2.28. The number of carbonyl (C=O) groups is 1. The van der Waals surface area contributed by atoms with E-state index in [1.807, 2.05) is 24.3 Å². The van der Waals surface area contributed by atoms with Crippen molar-refractivity contribution in [3.05, 3.63) is 42.5 Å². The fraction of sp³-hybridized carbons (Fsp3) is 0.182. The molecule has 1 amide bonds. The highest BCUT2D eigenvalue weighted by atomic mass is 32.2. The SMILES string of the molecule is C=CCSN1C(=O)Cc2ccccc21. The molecule has 0 N–H and O–H groups in total. The molecule has 1 aliphatic heterocycles. The Labute approximate surface area is 87.7 Å². The second-order valence-corrected chi connectivity index (χ2v) is 4.03. The third kappa shape index (κ3) is 1.55. The van der Waals surface area contributed by atoms with Crippen LogP contribution in [0.5, 0.6) is 0 Å². The van der Waals surface area contributed by atoms with E-state index in [0.29, 0.717) is 6.42 Å². The van der Waals surface area contributed by atoms with E-state index >= 15 is 0 Å². The minimum atomic E-state index is 0.165. The molecular formula is C11H11NOS. The van der Waals surface area contributed by atoms with Crippen LogP contribution in [0.15, 0.2) is 36.9 Å². The lowest BCUT2D eigenvalue weighted by Gasteiger charge is -2.14. The summed E-state index contributed by atoms with van der Waals surface area (Å²) in [5.41, 5.74) is 2.15. The number of carbonyl (C=O) groups excluding carboxylic acids is 1. The van der Waals surface area contributed by atoms with Crippen LogP contribution in [0.2, 0.25) is 0 Å². The normalized spacial score (nSPS) is 14.3. The molecule has 0 radical (unpaired) electrons. The Morgan fingerprint density at radius 1 is 1.50 bits per heavy atom. The largest absolute Gasteiger partial charge is 0.273 e. The summed E-state index contributed by atoms with van der Waals surface area (Å²) in [6.07, 6.45) is 2.33. The van der Waals surface area contributed by atoms with Crippen molar-refractivity contribution < 1.29 is 4.79 Å². The van der Waals surface area contributed by atoms with Crippen molar-refractivity contribution in [1.82, 2.24) is 0 Å². The second kappa shape index (κ2) is 3.88. The second-order valence-electron chi connectivity index (χ2n) is 3.08. The fourth-order valence-electron chi connectivity index (χ4n) is 1.50. The number of amides is 1. The zero-order valence-electron chi connectivity index (χ0n) is 7.77. The summed E-state index contributed by atoms with van der Waals surface area (Å²) in [4.78, 5) is 11.6. The van der Waals surface area contributed by atoms with Crippen LogP contribution in [0.25, 0.3) is 0 Å². The maximum absolute atomic E-state index is 11.6. The Hall–Kier alpha value is -1.22. The van der Waals surface area contributed by atoms with Gasteiger partial charge in [0.2, 0.25) is 5.91 Å². The van der Waals surface area contributed by atoms with Gasteiger partial charge in [0, 0.05) is 5.75 Å². The summed E-state index contributed by atoms with van der Waals surface area (Å²) in [6.45, 7) is 3.64. The molecule has 3 heteroatoms. The van der Waals surface area contributed by atoms with Crippen molar-refractivity contribution in [2.24, 2.45) is 0 Å². The highest BCUT2D eigenvalue weighted by Gasteiger charge is 2.26. The van der Waals surface area contributed by atoms with Crippen molar-refractivity contribution in [2.45, 2.75) is 6.42 Å². The highest BCUT2D eigenvalue weighted by molar-refractivity contribution is 8.01. The lowest BCUT2D eigenvalue weighted by Crippen LogP contribution is -2.18. The number of nitrogens with zero attached hydrogens (tertiary/aromatic N) is 1. The zero-order chi connectivity index (χ0) is 9.97. The summed E-state index contributed by atoms with van der Waals surface area (Å²) in [6, 6.07) is 7.91. The van der Waals surface area contributed by atoms with E-state index in [9.17, 15) is 4.79 Å². The maximum Gasteiger partial charge on any atom is 0.241 e. The summed E-state index contributed by atoms with van der Waals surface area (Å²) in [5.74, 6) is 0.929. The summed E-state index contributed by atoms with van der Waals surface area (Å²) < 4.78 is 1.76. The average molecular weight is 205 g/mol. The van der Waals surface area contributed by atoms with Gasteiger partial charge in [-0.2, -0.15) is 0 Å². The molecule has 0 unspecified atom stereocenters. The molecule has 1 aromatic rings. The third-order valence-corrected chi connectivity index (χ3v) is 3.14. The first kappa shape index (κ1) is 9.34. The van der Waals surface area contributed by atoms with E-state index in [-0.39, 0.29) is 5.91 Å². The summed E-state index contributed by atoms with van der Waals surface area (Å²) in [5, 5.41) is 0. The Kier molecular flexibility index (Phi) is 2.59. The highest BCUT2D eigenvalue weighted by Crippen LogP contribution is 2.33. The molecule has 0 aromatic heterocycles. The number of anilines is 1. The van der Waals surface area contributed by atoms with Crippen molar-refractivity contribution in [2.75, 3.05) is 10.1 Å². The first-order valence-corrected chi connectivity index (χ1v) is 5.42. The number of para-hydroxylation sites is 1. The number of hydrogen-bond acceptors (Lipinski definition) is 2. The predicted octanol–water partition coefficient (Wildman–Crippen LogP) is 2.41. The molecule has 0 bridgehead atoms. The van der Waals surface area contributed by atoms with Gasteiger partial charge in [0.05, 0.1) is 12.1 Å². The smallest absolute Gasteiger partial charge is 0.241 e. The molecule has 0 saturated carbocycles. The molecule has 72 valence electrons. The van der Waals surface area contributed by atoms with Crippen LogP contribution < -0.4 is 4.31 Å². The summed E-state index contributed by atoms with van der Waals surface area (Å²) in [7, 11) is 0. The van der Waals surface area contributed by atoms with Gasteiger partial charge in [0.15, 0.2) is 0 Å².